The Morgan fingerprint density at radius 1 is 1.25 bits per heavy atom. The third kappa shape index (κ3) is 5.95. The highest BCUT2D eigenvalue weighted by atomic mass is 15.2. The largest absolute Gasteiger partial charge is 0.370 e. The molecule has 0 heterocycles. The number of likely N-dealkylation sites (N-methyl/N-ethyl adjacent to an activating group) is 1. The van der Waals surface area contributed by atoms with Crippen LogP contribution in [0.3, 0.4) is 0 Å². The van der Waals surface area contributed by atoms with Gasteiger partial charge in [0.25, 0.3) is 0 Å². The lowest BCUT2D eigenvalue weighted by molar-refractivity contribution is 0.237. The summed E-state index contributed by atoms with van der Waals surface area (Å²) in [7, 11) is 0. The van der Waals surface area contributed by atoms with Crippen LogP contribution in [-0.4, -0.2) is 42.6 Å². The van der Waals surface area contributed by atoms with Crippen molar-refractivity contribution in [2.75, 3.05) is 19.6 Å². The average molecular weight is 228 g/mol. The molecule has 0 aromatic carbocycles. The van der Waals surface area contributed by atoms with Crippen LogP contribution < -0.4 is 11.1 Å². The molecule has 0 aromatic rings. The van der Waals surface area contributed by atoms with Gasteiger partial charge in [-0.3, -0.25) is 9.89 Å². The molecule has 0 aliphatic rings. The van der Waals surface area contributed by atoms with Gasteiger partial charge in [-0.1, -0.05) is 20.8 Å². The van der Waals surface area contributed by atoms with E-state index >= 15 is 0 Å². The van der Waals surface area contributed by atoms with E-state index in [0.29, 0.717) is 18.0 Å². The molecule has 2 atom stereocenters. The zero-order chi connectivity index (χ0) is 12.6. The first kappa shape index (κ1) is 15.2. The fourth-order valence-corrected chi connectivity index (χ4v) is 1.59. The molecule has 0 bridgehead atoms. The van der Waals surface area contributed by atoms with Crippen LogP contribution in [0.25, 0.3) is 0 Å². The smallest absolute Gasteiger partial charge is 0.188 e. The number of hydrogen-bond acceptors (Lipinski definition) is 2. The van der Waals surface area contributed by atoms with Crippen LogP contribution in [0.4, 0.5) is 0 Å². The second-order valence-electron chi connectivity index (χ2n) is 4.25. The predicted molar refractivity (Wildman–Crippen MR) is 71.8 cm³/mol. The number of aliphatic imine (C=N–C) groups is 1. The lowest BCUT2D eigenvalue weighted by atomic mass is 10.2. The van der Waals surface area contributed by atoms with Crippen molar-refractivity contribution in [2.24, 2.45) is 10.7 Å². The van der Waals surface area contributed by atoms with E-state index in [-0.39, 0.29) is 0 Å². The van der Waals surface area contributed by atoms with Crippen molar-refractivity contribution in [3.8, 4) is 0 Å². The number of hydrogen-bond donors (Lipinski definition) is 2. The molecule has 4 heteroatoms. The first-order valence-corrected chi connectivity index (χ1v) is 6.35. The minimum atomic E-state index is 0.396. The van der Waals surface area contributed by atoms with Gasteiger partial charge in [0.1, 0.15) is 0 Å². The van der Waals surface area contributed by atoms with Crippen LogP contribution in [0.5, 0.6) is 0 Å². The molecule has 0 amide bonds. The fraction of sp³-hybridized carbons (Fsp3) is 0.917. The van der Waals surface area contributed by atoms with Gasteiger partial charge in [0.05, 0.1) is 6.54 Å². The van der Waals surface area contributed by atoms with Gasteiger partial charge in [-0.05, 0) is 33.4 Å². The Labute approximate surface area is 100 Å². The summed E-state index contributed by atoms with van der Waals surface area (Å²) in [5.74, 6) is 0.563. The number of nitrogens with one attached hydrogen (secondary N) is 1. The number of nitrogens with zero attached hydrogens (tertiary/aromatic N) is 2. The topological polar surface area (TPSA) is 53.6 Å². The van der Waals surface area contributed by atoms with E-state index in [4.69, 9.17) is 5.73 Å². The summed E-state index contributed by atoms with van der Waals surface area (Å²) in [6, 6.07) is 0.847. The lowest BCUT2D eigenvalue weighted by Crippen LogP contribution is -2.40. The molecule has 4 nitrogen and oxygen atoms in total. The maximum absolute atomic E-state index is 5.80. The monoisotopic (exact) mass is 228 g/mol. The van der Waals surface area contributed by atoms with Crippen molar-refractivity contribution >= 4 is 5.96 Å². The van der Waals surface area contributed by atoms with Crippen LogP contribution in [-0.2, 0) is 0 Å². The normalized spacial score (nSPS) is 16.2. The van der Waals surface area contributed by atoms with Crippen LogP contribution >= 0.6 is 0 Å². The van der Waals surface area contributed by atoms with Crippen molar-refractivity contribution in [3.05, 3.63) is 0 Å². The Balaban J connectivity index is 4.04. The highest BCUT2D eigenvalue weighted by molar-refractivity contribution is 5.78. The second kappa shape index (κ2) is 8.39. The molecule has 0 saturated carbocycles. The molecule has 0 fully saturated rings. The lowest BCUT2D eigenvalue weighted by Gasteiger charge is -2.25. The summed E-state index contributed by atoms with van der Waals surface area (Å²) in [4.78, 5) is 6.75. The van der Waals surface area contributed by atoms with Crippen LogP contribution in [0.2, 0.25) is 0 Å². The quantitative estimate of drug-likeness (QED) is 0.512. The van der Waals surface area contributed by atoms with Gasteiger partial charge >= 0.3 is 0 Å². The highest BCUT2D eigenvalue weighted by Crippen LogP contribution is 1.98. The van der Waals surface area contributed by atoms with Crippen LogP contribution in [0.15, 0.2) is 4.99 Å². The molecular formula is C12H28N4. The zero-order valence-corrected chi connectivity index (χ0v) is 11.5. The van der Waals surface area contributed by atoms with Crippen LogP contribution in [0, 0.1) is 0 Å². The first-order valence-electron chi connectivity index (χ1n) is 6.35. The Bertz CT molecular complexity index is 199. The SMILES string of the molecule is CC[C@H](C)NC(N)=NC[C@@H](C)N(CC)CC. The van der Waals surface area contributed by atoms with E-state index in [1.807, 2.05) is 0 Å². The van der Waals surface area contributed by atoms with Crippen molar-refractivity contribution in [1.29, 1.82) is 0 Å². The van der Waals surface area contributed by atoms with Crippen molar-refractivity contribution in [2.45, 2.75) is 53.1 Å². The van der Waals surface area contributed by atoms with E-state index in [2.05, 4.69) is 49.8 Å². The molecule has 3 N–H and O–H groups in total. The van der Waals surface area contributed by atoms with E-state index in [9.17, 15) is 0 Å². The summed E-state index contributed by atoms with van der Waals surface area (Å²) in [6.45, 7) is 13.6. The predicted octanol–water partition coefficient (Wildman–Crippen LogP) is 1.42. The molecular weight excluding hydrogens is 200 g/mol. The van der Waals surface area contributed by atoms with Gasteiger partial charge < -0.3 is 11.1 Å². The van der Waals surface area contributed by atoms with E-state index < -0.39 is 0 Å². The molecule has 0 unspecified atom stereocenters. The first-order chi connectivity index (χ1) is 7.54. The highest BCUT2D eigenvalue weighted by Gasteiger charge is 2.09. The molecule has 0 saturated heterocycles. The molecule has 0 aromatic heterocycles. The van der Waals surface area contributed by atoms with Gasteiger partial charge in [0.2, 0.25) is 0 Å². The Kier molecular flexibility index (Phi) is 7.99. The second-order valence-corrected chi connectivity index (χ2v) is 4.25. The average Bonchev–Trinajstić information content (AvgIpc) is 2.27. The standard InChI is InChI=1S/C12H28N4/c1-6-10(4)15-12(13)14-9-11(5)16(7-2)8-3/h10-11H,6-9H2,1-5H3,(H3,13,14,15)/t10-,11+/m0/s1. The number of guanidine groups is 1. The van der Waals surface area contributed by atoms with Gasteiger partial charge in [0.15, 0.2) is 5.96 Å². The van der Waals surface area contributed by atoms with E-state index in [0.717, 1.165) is 26.1 Å². The summed E-state index contributed by atoms with van der Waals surface area (Å²) in [5.41, 5.74) is 5.80. The van der Waals surface area contributed by atoms with Gasteiger partial charge in [-0.15, -0.1) is 0 Å². The minimum absolute atomic E-state index is 0.396. The Hall–Kier alpha value is -0.770. The Morgan fingerprint density at radius 2 is 1.81 bits per heavy atom. The maximum Gasteiger partial charge on any atom is 0.188 e. The molecule has 0 spiro atoms. The minimum Gasteiger partial charge on any atom is -0.370 e. The van der Waals surface area contributed by atoms with Gasteiger partial charge in [0, 0.05) is 12.1 Å². The molecule has 0 aliphatic heterocycles. The van der Waals surface area contributed by atoms with Crippen LogP contribution in [0.1, 0.15) is 41.0 Å². The van der Waals surface area contributed by atoms with Gasteiger partial charge in [-0.2, -0.15) is 0 Å². The third-order valence-corrected chi connectivity index (χ3v) is 2.97. The molecule has 0 rings (SSSR count). The number of rotatable bonds is 7. The molecule has 16 heavy (non-hydrogen) atoms. The molecule has 0 radical (unpaired) electrons. The van der Waals surface area contributed by atoms with Crippen molar-refractivity contribution < 1.29 is 0 Å². The van der Waals surface area contributed by atoms with Gasteiger partial charge in [-0.25, -0.2) is 0 Å². The summed E-state index contributed by atoms with van der Waals surface area (Å²) in [5, 5.41) is 3.17. The molecule has 96 valence electrons. The summed E-state index contributed by atoms with van der Waals surface area (Å²) >= 11 is 0. The summed E-state index contributed by atoms with van der Waals surface area (Å²) in [6.07, 6.45) is 1.06. The zero-order valence-electron chi connectivity index (χ0n) is 11.5. The summed E-state index contributed by atoms with van der Waals surface area (Å²) < 4.78 is 0. The third-order valence-electron chi connectivity index (χ3n) is 2.97. The molecule has 0 aliphatic carbocycles. The van der Waals surface area contributed by atoms with Crippen molar-refractivity contribution in [3.63, 3.8) is 0 Å². The number of nitrogens with two attached hydrogens (primary N) is 1. The van der Waals surface area contributed by atoms with Crippen molar-refractivity contribution in [1.82, 2.24) is 10.2 Å². The maximum atomic E-state index is 5.80. The van der Waals surface area contributed by atoms with E-state index in [1.54, 1.807) is 0 Å². The van der Waals surface area contributed by atoms with E-state index in [1.165, 1.54) is 0 Å². The fourth-order valence-electron chi connectivity index (χ4n) is 1.59. The Morgan fingerprint density at radius 3 is 2.25 bits per heavy atom.